The molecule has 2 aliphatic heterocycles. The van der Waals surface area contributed by atoms with Crippen molar-refractivity contribution in [2.24, 2.45) is 0 Å². The third-order valence-electron chi connectivity index (χ3n) is 5.16. The van der Waals surface area contributed by atoms with Crippen molar-refractivity contribution in [2.45, 2.75) is 25.6 Å². The number of carbonyl (C=O) groups is 1. The Morgan fingerprint density at radius 3 is 2.15 bits per heavy atom. The molecule has 0 aliphatic carbocycles. The van der Waals surface area contributed by atoms with Gasteiger partial charge in [-0.1, -0.05) is 24.3 Å². The molecule has 0 N–H and O–H groups in total. The maximum absolute atomic E-state index is 12.7. The molecule has 0 spiro atoms. The first-order valence-electron chi connectivity index (χ1n) is 8.75. The first kappa shape index (κ1) is 16.9. The second-order valence-corrected chi connectivity index (χ2v) is 6.85. The number of urea groups is 1. The number of carbonyl (C=O) groups excluding carboxylic acids is 1. The molecule has 26 heavy (non-hydrogen) atoms. The van der Waals surface area contributed by atoms with Crippen LogP contribution >= 0.6 is 0 Å². The van der Waals surface area contributed by atoms with Crippen LogP contribution in [-0.4, -0.2) is 35.5 Å². The van der Waals surface area contributed by atoms with Gasteiger partial charge in [0.15, 0.2) is 0 Å². The van der Waals surface area contributed by atoms with Crippen molar-refractivity contribution < 1.29 is 18.0 Å². The standard InChI is InChI=1S/C20H19F3N2O/c21-20(22,23)18-6-4-14(5-7-18)16-3-2-15-8-11-25(13-17(15)12-16)19(26)24-9-1-10-24/h2-7,12H,1,8-11,13H2. The fourth-order valence-corrected chi connectivity index (χ4v) is 3.46. The molecule has 4 rings (SSSR count). The first-order valence-corrected chi connectivity index (χ1v) is 8.75. The average Bonchev–Trinajstić information content (AvgIpc) is 2.58. The Labute approximate surface area is 150 Å². The highest BCUT2D eigenvalue weighted by Crippen LogP contribution is 2.32. The summed E-state index contributed by atoms with van der Waals surface area (Å²) in [6.07, 6.45) is -2.46. The summed E-state index contributed by atoms with van der Waals surface area (Å²) in [5, 5.41) is 0. The van der Waals surface area contributed by atoms with Crippen molar-refractivity contribution in [3.8, 4) is 11.1 Å². The van der Waals surface area contributed by atoms with E-state index >= 15 is 0 Å². The third kappa shape index (κ3) is 3.16. The fraction of sp³-hybridized carbons (Fsp3) is 0.350. The van der Waals surface area contributed by atoms with Gasteiger partial charge in [-0.2, -0.15) is 13.2 Å². The number of hydrogen-bond donors (Lipinski definition) is 0. The quantitative estimate of drug-likeness (QED) is 0.732. The van der Waals surface area contributed by atoms with Crippen molar-refractivity contribution in [3.63, 3.8) is 0 Å². The Hall–Kier alpha value is -2.50. The van der Waals surface area contributed by atoms with E-state index in [1.807, 2.05) is 28.0 Å². The molecule has 0 aromatic heterocycles. The monoisotopic (exact) mass is 360 g/mol. The Morgan fingerprint density at radius 1 is 0.846 bits per heavy atom. The van der Waals surface area contributed by atoms with E-state index < -0.39 is 11.7 Å². The zero-order valence-corrected chi connectivity index (χ0v) is 14.2. The van der Waals surface area contributed by atoms with Crippen LogP contribution in [0.5, 0.6) is 0 Å². The van der Waals surface area contributed by atoms with E-state index in [1.54, 1.807) is 0 Å². The number of halogens is 3. The number of benzene rings is 2. The number of amides is 2. The molecule has 0 atom stereocenters. The SMILES string of the molecule is O=C(N1CCC1)N1CCc2ccc(-c3ccc(C(F)(F)F)cc3)cc2C1. The molecule has 3 nitrogen and oxygen atoms in total. The van der Waals surface area contributed by atoms with Gasteiger partial charge >= 0.3 is 12.2 Å². The van der Waals surface area contributed by atoms with Crippen molar-refractivity contribution >= 4 is 6.03 Å². The molecule has 136 valence electrons. The van der Waals surface area contributed by atoms with Gasteiger partial charge in [-0.25, -0.2) is 4.79 Å². The topological polar surface area (TPSA) is 23.6 Å². The predicted octanol–water partition coefficient (Wildman–Crippen LogP) is 4.56. The molecule has 0 unspecified atom stereocenters. The Balaban J connectivity index is 1.56. The second-order valence-electron chi connectivity index (χ2n) is 6.85. The minimum absolute atomic E-state index is 0.0850. The highest BCUT2D eigenvalue weighted by molar-refractivity contribution is 5.76. The van der Waals surface area contributed by atoms with Gasteiger partial charge < -0.3 is 9.80 Å². The van der Waals surface area contributed by atoms with E-state index in [-0.39, 0.29) is 6.03 Å². The van der Waals surface area contributed by atoms with Crippen LogP contribution in [0.3, 0.4) is 0 Å². The summed E-state index contributed by atoms with van der Waals surface area (Å²) in [5.41, 5.74) is 3.24. The van der Waals surface area contributed by atoms with Crippen LogP contribution in [0.1, 0.15) is 23.1 Å². The van der Waals surface area contributed by atoms with E-state index in [0.29, 0.717) is 13.1 Å². The number of rotatable bonds is 1. The minimum atomic E-state index is -4.33. The first-order chi connectivity index (χ1) is 12.4. The lowest BCUT2D eigenvalue weighted by Gasteiger charge is -2.38. The lowest BCUT2D eigenvalue weighted by atomic mass is 9.94. The van der Waals surface area contributed by atoms with Crippen LogP contribution < -0.4 is 0 Å². The summed E-state index contributed by atoms with van der Waals surface area (Å²) in [5.74, 6) is 0. The highest BCUT2D eigenvalue weighted by atomic mass is 19.4. The maximum atomic E-state index is 12.7. The predicted molar refractivity (Wildman–Crippen MR) is 92.6 cm³/mol. The number of nitrogens with zero attached hydrogens (tertiary/aromatic N) is 2. The lowest BCUT2D eigenvalue weighted by molar-refractivity contribution is -0.137. The number of fused-ring (bicyclic) bond motifs is 1. The largest absolute Gasteiger partial charge is 0.416 e. The van der Waals surface area contributed by atoms with Crippen molar-refractivity contribution in [1.29, 1.82) is 0 Å². The minimum Gasteiger partial charge on any atom is -0.325 e. The molecule has 2 aliphatic rings. The lowest BCUT2D eigenvalue weighted by Crippen LogP contribution is -2.50. The molecule has 0 bridgehead atoms. The highest BCUT2D eigenvalue weighted by Gasteiger charge is 2.30. The molecule has 6 heteroatoms. The Morgan fingerprint density at radius 2 is 1.54 bits per heavy atom. The molecule has 2 aromatic rings. The summed E-state index contributed by atoms with van der Waals surface area (Å²) in [7, 11) is 0. The molecule has 0 saturated carbocycles. The molecule has 2 aromatic carbocycles. The summed E-state index contributed by atoms with van der Waals surface area (Å²) in [6, 6.07) is 11.2. The van der Waals surface area contributed by atoms with Crippen LogP contribution in [-0.2, 0) is 19.1 Å². The smallest absolute Gasteiger partial charge is 0.325 e. The van der Waals surface area contributed by atoms with Crippen LogP contribution in [0.2, 0.25) is 0 Å². The number of hydrogen-bond acceptors (Lipinski definition) is 1. The molecule has 2 heterocycles. The summed E-state index contributed by atoms with van der Waals surface area (Å²) in [4.78, 5) is 16.1. The van der Waals surface area contributed by atoms with E-state index in [9.17, 15) is 18.0 Å². The third-order valence-corrected chi connectivity index (χ3v) is 5.16. The normalized spacial score (nSPS) is 16.9. The van der Waals surface area contributed by atoms with E-state index in [2.05, 4.69) is 0 Å². The van der Waals surface area contributed by atoms with Gasteiger partial charge in [-0.15, -0.1) is 0 Å². The van der Waals surface area contributed by atoms with Crippen molar-refractivity contribution in [2.75, 3.05) is 19.6 Å². The molecule has 0 radical (unpaired) electrons. The van der Waals surface area contributed by atoms with Gasteiger partial charge in [0, 0.05) is 26.2 Å². The molecular formula is C20H19F3N2O. The zero-order chi connectivity index (χ0) is 18.3. The van der Waals surface area contributed by atoms with Crippen LogP contribution in [0.15, 0.2) is 42.5 Å². The Kier molecular flexibility index (Phi) is 4.13. The molecule has 1 saturated heterocycles. The van der Waals surface area contributed by atoms with Crippen LogP contribution in [0.4, 0.5) is 18.0 Å². The fourth-order valence-electron chi connectivity index (χ4n) is 3.46. The number of likely N-dealkylation sites (tertiary alicyclic amines) is 1. The van der Waals surface area contributed by atoms with E-state index in [4.69, 9.17) is 0 Å². The van der Waals surface area contributed by atoms with Gasteiger partial charge in [0.25, 0.3) is 0 Å². The van der Waals surface area contributed by atoms with Crippen LogP contribution in [0, 0.1) is 0 Å². The van der Waals surface area contributed by atoms with Crippen LogP contribution in [0.25, 0.3) is 11.1 Å². The zero-order valence-electron chi connectivity index (χ0n) is 14.2. The summed E-state index contributed by atoms with van der Waals surface area (Å²) >= 11 is 0. The van der Waals surface area contributed by atoms with Gasteiger partial charge in [-0.3, -0.25) is 0 Å². The summed E-state index contributed by atoms with van der Waals surface area (Å²) in [6.45, 7) is 2.92. The van der Waals surface area contributed by atoms with Gasteiger partial charge in [0.1, 0.15) is 0 Å². The van der Waals surface area contributed by atoms with Gasteiger partial charge in [-0.05, 0) is 53.3 Å². The van der Waals surface area contributed by atoms with E-state index in [1.165, 1.54) is 17.7 Å². The second kappa shape index (κ2) is 6.34. The number of alkyl halides is 3. The van der Waals surface area contributed by atoms with Crippen molar-refractivity contribution in [1.82, 2.24) is 9.80 Å². The summed E-state index contributed by atoms with van der Waals surface area (Å²) < 4.78 is 38.2. The molecule has 2 amide bonds. The van der Waals surface area contributed by atoms with Gasteiger partial charge in [0.2, 0.25) is 0 Å². The van der Waals surface area contributed by atoms with E-state index in [0.717, 1.165) is 54.8 Å². The Bertz CT molecular complexity index is 826. The molecule has 1 fully saturated rings. The van der Waals surface area contributed by atoms with Gasteiger partial charge in [0.05, 0.1) is 5.56 Å². The average molecular weight is 360 g/mol. The van der Waals surface area contributed by atoms with Crippen molar-refractivity contribution in [3.05, 3.63) is 59.2 Å². The maximum Gasteiger partial charge on any atom is 0.416 e. The molecular weight excluding hydrogens is 341 g/mol.